The van der Waals surface area contributed by atoms with Crippen LogP contribution in [0.15, 0.2) is 23.4 Å². The van der Waals surface area contributed by atoms with Crippen LogP contribution in [0.3, 0.4) is 0 Å². The number of aliphatic hydroxyl groups is 1. The Labute approximate surface area is 118 Å². The SMILES string of the molecule is CC(C)CC(O)CNCc1ccc(/C(N)=N/O)cc1F. The molecule has 1 rings (SSSR count). The van der Waals surface area contributed by atoms with Crippen LogP contribution in [0.1, 0.15) is 31.4 Å². The number of hydrogen-bond donors (Lipinski definition) is 4. The highest BCUT2D eigenvalue weighted by Gasteiger charge is 2.09. The summed E-state index contributed by atoms with van der Waals surface area (Å²) in [6, 6.07) is 4.38. The highest BCUT2D eigenvalue weighted by Crippen LogP contribution is 2.11. The van der Waals surface area contributed by atoms with Crippen molar-refractivity contribution in [1.29, 1.82) is 0 Å². The number of nitrogens with one attached hydrogen (secondary N) is 1. The summed E-state index contributed by atoms with van der Waals surface area (Å²) in [6.07, 6.45) is 0.271. The van der Waals surface area contributed by atoms with E-state index in [1.165, 1.54) is 6.07 Å². The molecule has 112 valence electrons. The molecule has 0 aliphatic carbocycles. The summed E-state index contributed by atoms with van der Waals surface area (Å²) < 4.78 is 13.8. The van der Waals surface area contributed by atoms with Crippen molar-refractivity contribution in [2.75, 3.05) is 6.54 Å². The first-order chi connectivity index (χ1) is 9.43. The molecule has 20 heavy (non-hydrogen) atoms. The fourth-order valence-electron chi connectivity index (χ4n) is 1.91. The first kappa shape index (κ1) is 16.4. The highest BCUT2D eigenvalue weighted by atomic mass is 19.1. The minimum Gasteiger partial charge on any atom is -0.409 e. The Morgan fingerprint density at radius 2 is 2.15 bits per heavy atom. The molecule has 0 heterocycles. The number of rotatable bonds is 7. The molecule has 0 saturated heterocycles. The van der Waals surface area contributed by atoms with Crippen LogP contribution in [-0.2, 0) is 6.54 Å². The number of nitrogens with zero attached hydrogens (tertiary/aromatic N) is 1. The van der Waals surface area contributed by atoms with Gasteiger partial charge in [0.15, 0.2) is 5.84 Å². The van der Waals surface area contributed by atoms with Crippen LogP contribution in [-0.4, -0.2) is 28.8 Å². The second kappa shape index (κ2) is 7.81. The van der Waals surface area contributed by atoms with Gasteiger partial charge in [-0.25, -0.2) is 4.39 Å². The van der Waals surface area contributed by atoms with E-state index in [0.29, 0.717) is 36.6 Å². The number of nitrogens with two attached hydrogens (primary N) is 1. The van der Waals surface area contributed by atoms with E-state index >= 15 is 0 Å². The molecule has 1 atom stereocenters. The van der Waals surface area contributed by atoms with Gasteiger partial charge in [-0.1, -0.05) is 31.1 Å². The van der Waals surface area contributed by atoms with E-state index < -0.39 is 11.9 Å². The third kappa shape index (κ3) is 5.14. The Morgan fingerprint density at radius 1 is 1.45 bits per heavy atom. The van der Waals surface area contributed by atoms with E-state index in [0.717, 1.165) is 0 Å². The van der Waals surface area contributed by atoms with E-state index in [9.17, 15) is 9.50 Å². The van der Waals surface area contributed by atoms with Crippen LogP contribution < -0.4 is 11.1 Å². The molecule has 0 amide bonds. The average Bonchev–Trinajstić information content (AvgIpc) is 2.38. The van der Waals surface area contributed by atoms with Crippen LogP contribution in [0.25, 0.3) is 0 Å². The first-order valence-electron chi connectivity index (χ1n) is 6.59. The molecule has 1 aromatic carbocycles. The largest absolute Gasteiger partial charge is 0.409 e. The second-order valence-electron chi connectivity index (χ2n) is 5.21. The normalized spacial score (nSPS) is 13.8. The zero-order valence-corrected chi connectivity index (χ0v) is 11.8. The zero-order chi connectivity index (χ0) is 15.1. The first-order valence-corrected chi connectivity index (χ1v) is 6.59. The third-order valence-electron chi connectivity index (χ3n) is 2.90. The molecule has 0 bridgehead atoms. The summed E-state index contributed by atoms with van der Waals surface area (Å²) in [6.45, 7) is 4.81. The van der Waals surface area contributed by atoms with Gasteiger partial charge >= 0.3 is 0 Å². The smallest absolute Gasteiger partial charge is 0.170 e. The van der Waals surface area contributed by atoms with Crippen LogP contribution in [0.2, 0.25) is 0 Å². The number of aliphatic hydroxyl groups excluding tert-OH is 1. The van der Waals surface area contributed by atoms with Crippen LogP contribution >= 0.6 is 0 Å². The van der Waals surface area contributed by atoms with Crippen molar-refractivity contribution < 1.29 is 14.7 Å². The molecule has 0 aliphatic rings. The predicted molar refractivity (Wildman–Crippen MR) is 76.1 cm³/mol. The Bertz CT molecular complexity index is 464. The lowest BCUT2D eigenvalue weighted by Crippen LogP contribution is -2.27. The fourth-order valence-corrected chi connectivity index (χ4v) is 1.91. The average molecular weight is 283 g/mol. The monoisotopic (exact) mass is 283 g/mol. The Morgan fingerprint density at radius 3 is 2.70 bits per heavy atom. The number of amidine groups is 1. The van der Waals surface area contributed by atoms with Gasteiger partial charge in [0.2, 0.25) is 0 Å². The summed E-state index contributed by atoms with van der Waals surface area (Å²) in [5, 5.41) is 24.1. The van der Waals surface area contributed by atoms with Crippen molar-refractivity contribution in [1.82, 2.24) is 5.32 Å². The van der Waals surface area contributed by atoms with Crippen LogP contribution in [0.4, 0.5) is 4.39 Å². The van der Waals surface area contributed by atoms with Gasteiger partial charge in [-0.3, -0.25) is 0 Å². The number of oxime groups is 1. The fraction of sp³-hybridized carbons (Fsp3) is 0.500. The standard InChI is InChI=1S/C14H22FN3O2/c1-9(2)5-12(19)8-17-7-11-4-3-10(6-13(11)15)14(16)18-20/h3-4,6,9,12,17,19-20H,5,7-8H2,1-2H3,(H2,16,18). The molecule has 5 nitrogen and oxygen atoms in total. The molecule has 1 aromatic rings. The number of benzene rings is 1. The van der Waals surface area contributed by atoms with Gasteiger partial charge in [0.1, 0.15) is 5.82 Å². The molecular weight excluding hydrogens is 261 g/mol. The van der Waals surface area contributed by atoms with Crippen molar-refractivity contribution in [3.63, 3.8) is 0 Å². The predicted octanol–water partition coefficient (Wildman–Crippen LogP) is 1.42. The lowest BCUT2D eigenvalue weighted by Gasteiger charge is -2.14. The van der Waals surface area contributed by atoms with Crippen molar-refractivity contribution in [3.05, 3.63) is 35.1 Å². The van der Waals surface area contributed by atoms with Crippen molar-refractivity contribution in [2.24, 2.45) is 16.8 Å². The van der Waals surface area contributed by atoms with E-state index in [1.807, 2.05) is 13.8 Å². The molecule has 1 unspecified atom stereocenters. The molecule has 6 heteroatoms. The minimum absolute atomic E-state index is 0.129. The quantitative estimate of drug-likeness (QED) is 0.264. The molecular formula is C14H22FN3O2. The topological polar surface area (TPSA) is 90.9 Å². The molecule has 0 aromatic heterocycles. The molecule has 0 radical (unpaired) electrons. The second-order valence-corrected chi connectivity index (χ2v) is 5.21. The Kier molecular flexibility index (Phi) is 6.41. The van der Waals surface area contributed by atoms with Crippen molar-refractivity contribution >= 4 is 5.84 Å². The van der Waals surface area contributed by atoms with Crippen LogP contribution in [0.5, 0.6) is 0 Å². The van der Waals surface area contributed by atoms with E-state index in [4.69, 9.17) is 10.9 Å². The van der Waals surface area contributed by atoms with Gasteiger partial charge in [-0.15, -0.1) is 0 Å². The maximum atomic E-state index is 13.8. The van der Waals surface area contributed by atoms with Crippen molar-refractivity contribution in [3.8, 4) is 0 Å². The van der Waals surface area contributed by atoms with E-state index in [1.54, 1.807) is 12.1 Å². The van der Waals surface area contributed by atoms with Gasteiger partial charge in [0, 0.05) is 24.2 Å². The summed E-state index contributed by atoms with van der Waals surface area (Å²) in [5.41, 5.74) is 6.18. The molecule has 0 spiro atoms. The summed E-state index contributed by atoms with van der Waals surface area (Å²) in [7, 11) is 0. The molecule has 0 fully saturated rings. The maximum Gasteiger partial charge on any atom is 0.170 e. The number of hydrogen-bond acceptors (Lipinski definition) is 4. The Balaban J connectivity index is 2.53. The van der Waals surface area contributed by atoms with Gasteiger partial charge in [-0.2, -0.15) is 0 Å². The lowest BCUT2D eigenvalue weighted by molar-refractivity contribution is 0.146. The summed E-state index contributed by atoms with van der Waals surface area (Å²) in [5.74, 6) is -0.140. The molecule has 0 aliphatic heterocycles. The number of halogens is 1. The Hall–Kier alpha value is -1.66. The summed E-state index contributed by atoms with van der Waals surface area (Å²) >= 11 is 0. The van der Waals surface area contributed by atoms with Crippen molar-refractivity contribution in [2.45, 2.75) is 32.9 Å². The molecule has 5 N–H and O–H groups in total. The van der Waals surface area contributed by atoms with E-state index in [2.05, 4.69) is 10.5 Å². The van der Waals surface area contributed by atoms with Crippen LogP contribution in [0, 0.1) is 11.7 Å². The van der Waals surface area contributed by atoms with Gasteiger partial charge < -0.3 is 21.4 Å². The molecule has 0 saturated carbocycles. The zero-order valence-electron chi connectivity index (χ0n) is 11.8. The third-order valence-corrected chi connectivity index (χ3v) is 2.90. The maximum absolute atomic E-state index is 13.8. The highest BCUT2D eigenvalue weighted by molar-refractivity contribution is 5.97. The summed E-state index contributed by atoms with van der Waals surface area (Å²) in [4.78, 5) is 0. The van der Waals surface area contributed by atoms with E-state index in [-0.39, 0.29) is 5.84 Å². The van der Waals surface area contributed by atoms with Gasteiger partial charge in [-0.05, 0) is 18.4 Å². The lowest BCUT2D eigenvalue weighted by atomic mass is 10.1. The minimum atomic E-state index is -0.436. The van der Waals surface area contributed by atoms with Gasteiger partial charge in [0.05, 0.1) is 6.10 Å². The van der Waals surface area contributed by atoms with Gasteiger partial charge in [0.25, 0.3) is 0 Å².